The number of para-hydroxylation sites is 3. The Balaban J connectivity index is 1.32. The molecule has 30 heavy (non-hydrogen) atoms. The average Bonchev–Trinajstić information content (AvgIpc) is 2.75. The fraction of sp³-hybridized carbons (Fsp3) is 0.240. The first-order valence-electron chi connectivity index (χ1n) is 10.2. The molecule has 1 atom stereocenters. The van der Waals surface area contributed by atoms with Gasteiger partial charge < -0.3 is 14.8 Å². The van der Waals surface area contributed by atoms with E-state index in [9.17, 15) is 4.79 Å². The molecule has 0 radical (unpaired) electrons. The molecule has 0 saturated heterocycles. The Labute approximate surface area is 177 Å². The van der Waals surface area contributed by atoms with Crippen molar-refractivity contribution >= 4 is 11.6 Å². The molecule has 5 nitrogen and oxygen atoms in total. The number of likely N-dealkylation sites (N-methyl/N-ethyl adjacent to an activating group) is 1. The molecule has 0 fully saturated rings. The molecule has 1 heterocycles. The van der Waals surface area contributed by atoms with E-state index in [-0.39, 0.29) is 18.6 Å². The summed E-state index contributed by atoms with van der Waals surface area (Å²) >= 11 is 0. The van der Waals surface area contributed by atoms with E-state index in [2.05, 4.69) is 23.5 Å². The summed E-state index contributed by atoms with van der Waals surface area (Å²) in [6, 6.07) is 25.8. The number of ether oxygens (including phenoxy) is 2. The summed E-state index contributed by atoms with van der Waals surface area (Å²) in [5.41, 5.74) is 3.16. The topological polar surface area (TPSA) is 50.8 Å². The number of fused-ring (bicyclic) bond motifs is 1. The predicted octanol–water partition coefficient (Wildman–Crippen LogP) is 3.99. The molecule has 0 aromatic heterocycles. The van der Waals surface area contributed by atoms with Crippen LogP contribution in [0.5, 0.6) is 11.5 Å². The maximum absolute atomic E-state index is 12.6. The van der Waals surface area contributed by atoms with Crippen LogP contribution in [0.2, 0.25) is 0 Å². The summed E-state index contributed by atoms with van der Waals surface area (Å²) in [5, 5.41) is 3.06. The third-order valence-electron chi connectivity index (χ3n) is 5.03. The second-order valence-corrected chi connectivity index (χ2v) is 7.56. The molecule has 0 aliphatic carbocycles. The largest absolute Gasteiger partial charge is 0.486 e. The predicted molar refractivity (Wildman–Crippen MR) is 118 cm³/mol. The van der Waals surface area contributed by atoms with Gasteiger partial charge in [0.05, 0.1) is 6.54 Å². The van der Waals surface area contributed by atoms with Crippen LogP contribution in [0.15, 0.2) is 78.9 Å². The van der Waals surface area contributed by atoms with E-state index in [4.69, 9.17) is 9.47 Å². The van der Waals surface area contributed by atoms with Gasteiger partial charge in [-0.3, -0.25) is 9.69 Å². The van der Waals surface area contributed by atoms with E-state index in [1.54, 1.807) is 0 Å². The van der Waals surface area contributed by atoms with E-state index >= 15 is 0 Å². The van der Waals surface area contributed by atoms with Gasteiger partial charge in [-0.25, -0.2) is 0 Å². The lowest BCUT2D eigenvalue weighted by Crippen LogP contribution is -2.42. The highest BCUT2D eigenvalue weighted by Gasteiger charge is 2.22. The minimum atomic E-state index is -0.108. The van der Waals surface area contributed by atoms with Crippen LogP contribution in [0, 0.1) is 0 Å². The Kier molecular flexibility index (Phi) is 6.30. The van der Waals surface area contributed by atoms with Gasteiger partial charge in [-0.2, -0.15) is 0 Å². The molecule has 0 saturated carbocycles. The molecule has 0 spiro atoms. The summed E-state index contributed by atoms with van der Waals surface area (Å²) in [4.78, 5) is 14.6. The molecule has 1 amide bonds. The van der Waals surface area contributed by atoms with Gasteiger partial charge in [-0.15, -0.1) is 0 Å². The third-order valence-corrected chi connectivity index (χ3v) is 5.03. The minimum Gasteiger partial charge on any atom is -0.486 e. The van der Waals surface area contributed by atoms with Gasteiger partial charge in [0.25, 0.3) is 0 Å². The first-order valence-corrected chi connectivity index (χ1v) is 10.2. The molecule has 3 aromatic carbocycles. The van der Waals surface area contributed by atoms with Crippen LogP contribution in [0.25, 0.3) is 0 Å². The van der Waals surface area contributed by atoms with Crippen molar-refractivity contribution in [3.63, 3.8) is 0 Å². The summed E-state index contributed by atoms with van der Waals surface area (Å²) in [7, 11) is 1.92. The van der Waals surface area contributed by atoms with Crippen LogP contribution in [0.3, 0.4) is 0 Å². The van der Waals surface area contributed by atoms with E-state index in [0.717, 1.165) is 29.2 Å². The summed E-state index contributed by atoms with van der Waals surface area (Å²) in [5.74, 6) is 1.47. The molecule has 154 valence electrons. The van der Waals surface area contributed by atoms with Gasteiger partial charge in [0.2, 0.25) is 5.91 Å². The van der Waals surface area contributed by atoms with Gasteiger partial charge in [-0.05, 0) is 42.8 Å². The fourth-order valence-corrected chi connectivity index (χ4v) is 3.61. The van der Waals surface area contributed by atoms with E-state index in [1.165, 1.54) is 5.56 Å². The van der Waals surface area contributed by atoms with E-state index in [0.29, 0.717) is 13.2 Å². The van der Waals surface area contributed by atoms with Crippen LogP contribution in [-0.4, -0.2) is 43.7 Å². The number of anilines is 1. The van der Waals surface area contributed by atoms with Crippen LogP contribution < -0.4 is 14.8 Å². The highest BCUT2D eigenvalue weighted by molar-refractivity contribution is 5.93. The maximum Gasteiger partial charge on any atom is 0.238 e. The number of rotatable bonds is 7. The Morgan fingerprint density at radius 1 is 0.967 bits per heavy atom. The highest BCUT2D eigenvalue weighted by Crippen LogP contribution is 2.31. The number of hydrogen-bond donors (Lipinski definition) is 1. The number of carbonyl (C=O) groups excluding carboxylic acids is 1. The van der Waals surface area contributed by atoms with E-state index in [1.807, 2.05) is 72.6 Å². The zero-order valence-electron chi connectivity index (χ0n) is 17.1. The zero-order valence-corrected chi connectivity index (χ0v) is 17.1. The lowest BCUT2D eigenvalue weighted by Gasteiger charge is -2.29. The van der Waals surface area contributed by atoms with Crippen molar-refractivity contribution in [2.45, 2.75) is 12.5 Å². The van der Waals surface area contributed by atoms with Crippen LogP contribution in [0.1, 0.15) is 11.1 Å². The van der Waals surface area contributed by atoms with Crippen molar-refractivity contribution in [1.82, 2.24) is 4.90 Å². The number of amides is 1. The van der Waals surface area contributed by atoms with Gasteiger partial charge >= 0.3 is 0 Å². The number of carbonyl (C=O) groups is 1. The fourth-order valence-electron chi connectivity index (χ4n) is 3.61. The van der Waals surface area contributed by atoms with Gasteiger partial charge in [0, 0.05) is 12.2 Å². The third kappa shape index (κ3) is 5.19. The summed E-state index contributed by atoms with van der Waals surface area (Å²) in [6.45, 7) is 1.36. The number of nitrogens with zero attached hydrogens (tertiary/aromatic N) is 1. The summed E-state index contributed by atoms with van der Waals surface area (Å²) < 4.78 is 11.7. The summed E-state index contributed by atoms with van der Waals surface area (Å²) in [6.07, 6.45) is 0.669. The highest BCUT2D eigenvalue weighted by atomic mass is 16.6. The smallest absolute Gasteiger partial charge is 0.238 e. The van der Waals surface area contributed by atoms with Gasteiger partial charge in [0.15, 0.2) is 11.5 Å². The monoisotopic (exact) mass is 402 g/mol. The Hall–Kier alpha value is -3.31. The molecule has 3 aromatic rings. The van der Waals surface area contributed by atoms with Crippen molar-refractivity contribution in [2.24, 2.45) is 0 Å². The lowest BCUT2D eigenvalue weighted by atomic mass is 10.0. The lowest BCUT2D eigenvalue weighted by molar-refractivity contribution is -0.117. The van der Waals surface area contributed by atoms with Crippen LogP contribution in [0.4, 0.5) is 5.69 Å². The molecule has 1 aliphatic rings. The average molecular weight is 402 g/mol. The van der Waals surface area contributed by atoms with Crippen LogP contribution in [-0.2, 0) is 11.2 Å². The SMILES string of the molecule is CN(CC(=O)Nc1ccccc1Cc1ccccc1)CC1COc2ccccc2O1. The standard InChI is InChI=1S/C25H26N2O3/c1-27(16-21-18-29-23-13-7-8-14-24(23)30-21)17-25(28)26-22-12-6-5-11-20(22)15-19-9-3-2-4-10-19/h2-14,21H,15-18H2,1H3,(H,26,28). The molecule has 0 bridgehead atoms. The first kappa shape index (κ1) is 20.0. The molecule has 4 rings (SSSR count). The van der Waals surface area contributed by atoms with Gasteiger partial charge in [-0.1, -0.05) is 60.7 Å². The van der Waals surface area contributed by atoms with Crippen molar-refractivity contribution in [3.05, 3.63) is 90.0 Å². The van der Waals surface area contributed by atoms with Crippen LogP contribution >= 0.6 is 0 Å². The minimum absolute atomic E-state index is 0.0462. The number of hydrogen-bond acceptors (Lipinski definition) is 4. The molecule has 1 aliphatic heterocycles. The van der Waals surface area contributed by atoms with Crippen molar-refractivity contribution < 1.29 is 14.3 Å². The Morgan fingerprint density at radius 3 is 2.50 bits per heavy atom. The Morgan fingerprint density at radius 2 is 1.67 bits per heavy atom. The molecular formula is C25H26N2O3. The van der Waals surface area contributed by atoms with Gasteiger partial charge in [0.1, 0.15) is 12.7 Å². The normalized spacial score (nSPS) is 15.1. The van der Waals surface area contributed by atoms with Crippen molar-refractivity contribution in [1.29, 1.82) is 0 Å². The second kappa shape index (κ2) is 9.46. The van der Waals surface area contributed by atoms with E-state index < -0.39 is 0 Å². The molecule has 1 N–H and O–H groups in total. The maximum atomic E-state index is 12.6. The van der Waals surface area contributed by atoms with Crippen molar-refractivity contribution in [3.8, 4) is 11.5 Å². The quantitative estimate of drug-likeness (QED) is 0.649. The zero-order chi connectivity index (χ0) is 20.8. The second-order valence-electron chi connectivity index (χ2n) is 7.56. The molecule has 1 unspecified atom stereocenters. The molecular weight excluding hydrogens is 376 g/mol. The number of nitrogens with one attached hydrogen (secondary N) is 1. The Bertz CT molecular complexity index is 990. The number of benzene rings is 3. The molecule has 5 heteroatoms. The first-order chi connectivity index (χ1) is 14.7. The van der Waals surface area contributed by atoms with Crippen molar-refractivity contribution in [2.75, 3.05) is 32.1 Å².